The fourth-order valence-corrected chi connectivity index (χ4v) is 3.83. The Bertz CT molecular complexity index is 1140. The molecule has 7 nitrogen and oxygen atoms in total. The van der Waals surface area contributed by atoms with Gasteiger partial charge in [0.05, 0.1) is 21.3 Å². The van der Waals surface area contributed by atoms with E-state index < -0.39 is 0 Å². The molecule has 0 saturated heterocycles. The number of aromatic nitrogens is 2. The molecule has 0 unspecified atom stereocenters. The molecule has 4 rings (SSSR count). The zero-order chi connectivity index (χ0) is 21.8. The van der Waals surface area contributed by atoms with Crippen molar-refractivity contribution in [3.63, 3.8) is 0 Å². The predicted molar refractivity (Wildman–Crippen MR) is 120 cm³/mol. The number of nitrogens with one attached hydrogen (secondary N) is 1. The molecule has 3 aromatic rings. The number of hydrogen-bond donors (Lipinski definition) is 1. The second-order valence-corrected chi connectivity index (χ2v) is 7.15. The van der Waals surface area contributed by atoms with Crippen molar-refractivity contribution < 1.29 is 19.0 Å². The Morgan fingerprint density at radius 1 is 1.13 bits per heavy atom. The van der Waals surface area contributed by atoms with Gasteiger partial charge < -0.3 is 24.1 Å². The number of pyridine rings is 1. The van der Waals surface area contributed by atoms with Gasteiger partial charge in [-0.1, -0.05) is 6.08 Å². The number of hydrogen-bond acceptors (Lipinski definition) is 5. The van der Waals surface area contributed by atoms with Crippen LogP contribution in [0.25, 0.3) is 22.7 Å². The van der Waals surface area contributed by atoms with E-state index in [1.807, 2.05) is 41.6 Å². The Morgan fingerprint density at radius 2 is 1.90 bits per heavy atom. The third-order valence-corrected chi connectivity index (χ3v) is 5.43. The predicted octanol–water partition coefficient (Wildman–Crippen LogP) is 3.92. The number of ether oxygens (including phenoxy) is 3. The van der Waals surface area contributed by atoms with Crippen molar-refractivity contribution in [2.75, 3.05) is 34.4 Å². The van der Waals surface area contributed by atoms with Gasteiger partial charge in [-0.25, -0.2) is 4.98 Å². The first-order chi connectivity index (χ1) is 15.1. The van der Waals surface area contributed by atoms with E-state index in [0.717, 1.165) is 23.0 Å². The highest BCUT2D eigenvalue weighted by Gasteiger charge is 2.18. The van der Waals surface area contributed by atoms with Gasteiger partial charge in [-0.2, -0.15) is 0 Å². The molecule has 1 aliphatic rings. The van der Waals surface area contributed by atoms with Crippen molar-refractivity contribution in [3.8, 4) is 17.2 Å². The van der Waals surface area contributed by atoms with Gasteiger partial charge in [-0.15, -0.1) is 0 Å². The molecule has 1 aromatic carbocycles. The van der Waals surface area contributed by atoms with Crippen molar-refractivity contribution >= 4 is 28.6 Å². The Kier molecular flexibility index (Phi) is 5.93. The lowest BCUT2D eigenvalue weighted by molar-refractivity contribution is -0.125. The normalized spacial score (nSPS) is 14.0. The number of nitrogens with zero attached hydrogens (tertiary/aromatic N) is 2. The standard InChI is InChI=1S/C24H25N3O4/c1-29-20-14-16(15-21(30-2)23(20)31-3)4-5-22(28)27-12-8-17(9-13-27)18-6-10-25-24-19(18)7-11-26-24/h4-8,10-11,14-15H,9,12-13H2,1-3H3,(H,25,26). The maximum atomic E-state index is 12.7. The number of carbonyl (C=O) groups is 1. The molecule has 0 spiro atoms. The van der Waals surface area contributed by atoms with Crippen LogP contribution in [0.5, 0.6) is 17.2 Å². The molecule has 1 amide bonds. The molecule has 3 heterocycles. The number of rotatable bonds is 6. The SMILES string of the molecule is COc1cc(C=CC(=O)N2CC=C(c3ccnc4[nH]ccc34)CC2)cc(OC)c1OC. The smallest absolute Gasteiger partial charge is 0.246 e. The number of aromatic amines is 1. The Labute approximate surface area is 180 Å². The summed E-state index contributed by atoms with van der Waals surface area (Å²) in [6, 6.07) is 7.69. The lowest BCUT2D eigenvalue weighted by atomic mass is 9.98. The highest BCUT2D eigenvalue weighted by Crippen LogP contribution is 2.38. The molecule has 1 aliphatic heterocycles. The zero-order valence-electron chi connectivity index (χ0n) is 17.8. The molecular formula is C24H25N3O4. The number of benzene rings is 1. The molecule has 31 heavy (non-hydrogen) atoms. The van der Waals surface area contributed by atoms with Crippen LogP contribution in [-0.2, 0) is 4.79 Å². The van der Waals surface area contributed by atoms with Gasteiger partial charge in [0.2, 0.25) is 11.7 Å². The second kappa shape index (κ2) is 8.95. The number of fused-ring (bicyclic) bond motifs is 1. The number of H-pyrrole nitrogens is 1. The minimum absolute atomic E-state index is 0.0365. The van der Waals surface area contributed by atoms with Crippen LogP contribution in [0.2, 0.25) is 0 Å². The minimum atomic E-state index is -0.0365. The summed E-state index contributed by atoms with van der Waals surface area (Å²) in [5, 5.41) is 1.11. The number of methoxy groups -OCH3 is 3. The van der Waals surface area contributed by atoms with E-state index in [4.69, 9.17) is 14.2 Å². The average molecular weight is 419 g/mol. The lowest BCUT2D eigenvalue weighted by Crippen LogP contribution is -2.33. The summed E-state index contributed by atoms with van der Waals surface area (Å²) in [6.07, 6.45) is 9.97. The minimum Gasteiger partial charge on any atom is -0.493 e. The summed E-state index contributed by atoms with van der Waals surface area (Å²) in [4.78, 5) is 22.0. The van der Waals surface area contributed by atoms with Gasteiger partial charge in [0.1, 0.15) is 5.65 Å². The molecule has 7 heteroatoms. The highest BCUT2D eigenvalue weighted by molar-refractivity contribution is 5.94. The van der Waals surface area contributed by atoms with Gasteiger partial charge in [0.25, 0.3) is 0 Å². The van der Waals surface area contributed by atoms with Crippen molar-refractivity contribution in [1.29, 1.82) is 0 Å². The van der Waals surface area contributed by atoms with Crippen LogP contribution in [0.1, 0.15) is 17.5 Å². The Hall–Kier alpha value is -3.74. The monoisotopic (exact) mass is 419 g/mol. The molecule has 160 valence electrons. The van der Waals surface area contributed by atoms with Crippen molar-refractivity contribution in [1.82, 2.24) is 14.9 Å². The Balaban J connectivity index is 1.48. The maximum Gasteiger partial charge on any atom is 0.246 e. The summed E-state index contributed by atoms with van der Waals surface area (Å²) in [5.41, 5.74) is 4.09. The van der Waals surface area contributed by atoms with Crippen LogP contribution < -0.4 is 14.2 Å². The van der Waals surface area contributed by atoms with E-state index in [2.05, 4.69) is 16.0 Å². The van der Waals surface area contributed by atoms with Crippen LogP contribution >= 0.6 is 0 Å². The lowest BCUT2D eigenvalue weighted by Gasteiger charge is -2.26. The third kappa shape index (κ3) is 4.12. The topological polar surface area (TPSA) is 76.7 Å². The summed E-state index contributed by atoms with van der Waals surface area (Å²) in [7, 11) is 4.69. The summed E-state index contributed by atoms with van der Waals surface area (Å²) < 4.78 is 16.1. The van der Waals surface area contributed by atoms with E-state index in [1.54, 1.807) is 33.5 Å². The zero-order valence-corrected chi connectivity index (χ0v) is 17.8. The third-order valence-electron chi connectivity index (χ3n) is 5.43. The first-order valence-corrected chi connectivity index (χ1v) is 10.0. The number of amides is 1. The van der Waals surface area contributed by atoms with Crippen molar-refractivity contribution in [2.24, 2.45) is 0 Å². The fraction of sp³-hybridized carbons (Fsp3) is 0.250. The van der Waals surface area contributed by atoms with Crippen LogP contribution in [0.4, 0.5) is 0 Å². The van der Waals surface area contributed by atoms with Gasteiger partial charge in [0.15, 0.2) is 11.5 Å². The van der Waals surface area contributed by atoms with E-state index in [0.29, 0.717) is 30.3 Å². The van der Waals surface area contributed by atoms with Gasteiger partial charge in [-0.05, 0) is 53.5 Å². The molecular weight excluding hydrogens is 394 g/mol. The summed E-state index contributed by atoms with van der Waals surface area (Å²) in [5.74, 6) is 1.58. The number of carbonyl (C=O) groups excluding carboxylic acids is 1. The maximum absolute atomic E-state index is 12.7. The first kappa shape index (κ1) is 20.5. The molecule has 0 bridgehead atoms. The molecule has 1 N–H and O–H groups in total. The van der Waals surface area contributed by atoms with Crippen LogP contribution in [-0.4, -0.2) is 55.2 Å². The van der Waals surface area contributed by atoms with E-state index >= 15 is 0 Å². The fourth-order valence-electron chi connectivity index (χ4n) is 3.83. The molecule has 0 aliphatic carbocycles. The van der Waals surface area contributed by atoms with E-state index in [1.165, 1.54) is 11.1 Å². The van der Waals surface area contributed by atoms with Crippen molar-refractivity contribution in [3.05, 3.63) is 59.9 Å². The second-order valence-electron chi connectivity index (χ2n) is 7.15. The van der Waals surface area contributed by atoms with Gasteiger partial charge in [-0.3, -0.25) is 4.79 Å². The van der Waals surface area contributed by atoms with Crippen LogP contribution in [0.3, 0.4) is 0 Å². The van der Waals surface area contributed by atoms with Crippen LogP contribution in [0.15, 0.2) is 48.8 Å². The largest absolute Gasteiger partial charge is 0.493 e. The van der Waals surface area contributed by atoms with Crippen LogP contribution in [0, 0.1) is 0 Å². The Morgan fingerprint density at radius 3 is 2.55 bits per heavy atom. The molecule has 0 saturated carbocycles. The molecule has 0 atom stereocenters. The van der Waals surface area contributed by atoms with Gasteiger partial charge >= 0.3 is 0 Å². The summed E-state index contributed by atoms with van der Waals surface area (Å²) >= 11 is 0. The van der Waals surface area contributed by atoms with Gasteiger partial charge in [0, 0.05) is 36.9 Å². The summed E-state index contributed by atoms with van der Waals surface area (Å²) in [6.45, 7) is 1.24. The van der Waals surface area contributed by atoms with Crippen molar-refractivity contribution in [2.45, 2.75) is 6.42 Å². The van der Waals surface area contributed by atoms with E-state index in [-0.39, 0.29) is 5.91 Å². The highest BCUT2D eigenvalue weighted by atomic mass is 16.5. The first-order valence-electron chi connectivity index (χ1n) is 10.0. The van der Waals surface area contributed by atoms with E-state index in [9.17, 15) is 4.79 Å². The average Bonchev–Trinajstić information content (AvgIpc) is 3.31. The molecule has 2 aromatic heterocycles. The molecule has 0 radical (unpaired) electrons. The quantitative estimate of drug-likeness (QED) is 0.613. The molecule has 0 fully saturated rings.